The molecule has 3 heterocycles. The van der Waals surface area contributed by atoms with Crippen LogP contribution in [0.3, 0.4) is 0 Å². The van der Waals surface area contributed by atoms with Gasteiger partial charge in [-0.15, -0.1) is 0 Å². The van der Waals surface area contributed by atoms with E-state index in [4.69, 9.17) is 4.42 Å². The van der Waals surface area contributed by atoms with Crippen molar-refractivity contribution in [3.8, 4) is 16.8 Å². The zero-order valence-corrected chi connectivity index (χ0v) is 17.2. The van der Waals surface area contributed by atoms with E-state index in [0.29, 0.717) is 0 Å². The summed E-state index contributed by atoms with van der Waals surface area (Å²) in [5, 5.41) is 3.59. The largest absolute Gasteiger partial charge is 0.454 e. The number of hydrogen-bond acceptors (Lipinski definition) is 2. The number of furan rings is 1. The maximum atomic E-state index is 6.19. The summed E-state index contributed by atoms with van der Waals surface area (Å²) in [5.74, 6) is 0. The quantitative estimate of drug-likeness (QED) is 0.292. The Morgan fingerprint density at radius 2 is 1.28 bits per heavy atom. The van der Waals surface area contributed by atoms with Crippen molar-refractivity contribution in [3.05, 3.63) is 109 Å². The van der Waals surface area contributed by atoms with Crippen LogP contribution in [0.15, 0.2) is 114 Å². The molecule has 0 fully saturated rings. The summed E-state index contributed by atoms with van der Waals surface area (Å²) in [5.41, 5.74) is 8.38. The Hall–Kier alpha value is -4.37. The first kappa shape index (κ1) is 17.3. The summed E-state index contributed by atoms with van der Waals surface area (Å²) >= 11 is 0. The molecule has 7 aromatic rings. The predicted molar refractivity (Wildman–Crippen MR) is 131 cm³/mol. The lowest BCUT2D eigenvalue weighted by Crippen LogP contribution is -1.93. The molecule has 3 heteroatoms. The maximum absolute atomic E-state index is 6.19. The predicted octanol–water partition coefficient (Wildman–Crippen LogP) is 7.75. The van der Waals surface area contributed by atoms with Crippen molar-refractivity contribution in [1.29, 1.82) is 0 Å². The van der Waals surface area contributed by atoms with Gasteiger partial charge in [0.1, 0.15) is 11.1 Å². The first-order valence-electron chi connectivity index (χ1n) is 10.7. The van der Waals surface area contributed by atoms with Crippen LogP contribution in [0.4, 0.5) is 0 Å². The van der Waals surface area contributed by atoms with Crippen LogP contribution in [0.2, 0.25) is 0 Å². The van der Waals surface area contributed by atoms with Crippen LogP contribution >= 0.6 is 0 Å². The minimum Gasteiger partial charge on any atom is -0.454 e. The molecule has 0 bridgehead atoms. The monoisotopic (exact) mass is 410 g/mol. The number of rotatable bonds is 2. The second-order valence-corrected chi connectivity index (χ2v) is 8.05. The highest BCUT2D eigenvalue weighted by atomic mass is 16.3. The smallest absolute Gasteiger partial charge is 0.153 e. The summed E-state index contributed by atoms with van der Waals surface area (Å²) in [6.45, 7) is 0. The lowest BCUT2D eigenvalue weighted by atomic mass is 10.0. The van der Waals surface area contributed by atoms with E-state index < -0.39 is 0 Å². The van der Waals surface area contributed by atoms with E-state index in [-0.39, 0.29) is 0 Å². The molecule has 0 aliphatic carbocycles. The first-order valence-corrected chi connectivity index (χ1v) is 10.7. The topological polar surface area (TPSA) is 31.0 Å². The van der Waals surface area contributed by atoms with Gasteiger partial charge >= 0.3 is 0 Å². The number of aromatic nitrogens is 2. The van der Waals surface area contributed by atoms with Crippen LogP contribution in [-0.2, 0) is 0 Å². The van der Waals surface area contributed by atoms with Gasteiger partial charge in [-0.2, -0.15) is 0 Å². The highest BCUT2D eigenvalue weighted by Crippen LogP contribution is 2.36. The maximum Gasteiger partial charge on any atom is 0.153 e. The second kappa shape index (κ2) is 6.56. The summed E-state index contributed by atoms with van der Waals surface area (Å²) in [6.07, 6.45) is 1.81. The van der Waals surface area contributed by atoms with Crippen molar-refractivity contribution >= 4 is 43.9 Å². The molecule has 0 radical (unpaired) electrons. The molecule has 32 heavy (non-hydrogen) atoms. The number of hydrogen-bond donors (Lipinski definition) is 0. The zero-order valence-electron chi connectivity index (χ0n) is 17.2. The Kier molecular flexibility index (Phi) is 3.55. The molecule has 0 N–H and O–H groups in total. The van der Waals surface area contributed by atoms with Gasteiger partial charge in [0.25, 0.3) is 0 Å². The number of fused-ring (bicyclic) bond motifs is 6. The molecule has 0 unspecified atom stereocenters. The Balaban J connectivity index is 1.42. The van der Waals surface area contributed by atoms with Gasteiger partial charge in [0.15, 0.2) is 5.58 Å². The SMILES string of the molecule is c1cnc2c(c1)oc1c(-c3ccc(-n4c5ccccc5c5ccccc54)cc3)cccc12. The van der Waals surface area contributed by atoms with Crippen LogP contribution in [-0.4, -0.2) is 9.55 Å². The highest BCUT2D eigenvalue weighted by molar-refractivity contribution is 6.09. The fourth-order valence-corrected chi connectivity index (χ4v) is 4.84. The molecule has 0 saturated heterocycles. The lowest BCUT2D eigenvalue weighted by molar-refractivity contribution is 0.669. The van der Waals surface area contributed by atoms with Crippen molar-refractivity contribution in [1.82, 2.24) is 9.55 Å². The van der Waals surface area contributed by atoms with E-state index in [9.17, 15) is 0 Å². The minimum atomic E-state index is 0.817. The van der Waals surface area contributed by atoms with E-state index in [1.54, 1.807) is 0 Å². The average molecular weight is 410 g/mol. The third kappa shape index (κ3) is 2.39. The standard InChI is InChI=1S/C29H18N2O/c1-3-11-25-22(7-1)23-8-2-4-12-26(23)31(25)20-16-14-19(15-17-20)21-9-5-10-24-28-27(32-29(21)24)13-6-18-30-28/h1-18H. The van der Waals surface area contributed by atoms with E-state index in [1.807, 2.05) is 18.3 Å². The van der Waals surface area contributed by atoms with Gasteiger partial charge < -0.3 is 8.98 Å². The molecule has 3 nitrogen and oxygen atoms in total. The van der Waals surface area contributed by atoms with E-state index in [2.05, 4.69) is 101 Å². The molecule has 4 aromatic carbocycles. The number of nitrogens with zero attached hydrogens (tertiary/aromatic N) is 2. The average Bonchev–Trinajstić information content (AvgIpc) is 3.40. The van der Waals surface area contributed by atoms with E-state index in [0.717, 1.165) is 38.9 Å². The molecular formula is C29H18N2O. The molecule has 0 aliphatic rings. The molecule has 0 spiro atoms. The number of para-hydroxylation sites is 3. The van der Waals surface area contributed by atoms with Crippen molar-refractivity contribution in [3.63, 3.8) is 0 Å². The van der Waals surface area contributed by atoms with Crippen molar-refractivity contribution in [2.45, 2.75) is 0 Å². The molecule has 0 aliphatic heterocycles. The van der Waals surface area contributed by atoms with Gasteiger partial charge in [0, 0.05) is 33.6 Å². The van der Waals surface area contributed by atoms with Crippen molar-refractivity contribution in [2.24, 2.45) is 0 Å². The molecule has 0 saturated carbocycles. The summed E-state index contributed by atoms with van der Waals surface area (Å²) < 4.78 is 8.52. The van der Waals surface area contributed by atoms with Crippen LogP contribution < -0.4 is 0 Å². The molecule has 150 valence electrons. The van der Waals surface area contributed by atoms with Gasteiger partial charge in [0.05, 0.1) is 11.0 Å². The molecular weight excluding hydrogens is 392 g/mol. The Morgan fingerprint density at radius 3 is 2.03 bits per heavy atom. The fraction of sp³-hybridized carbons (Fsp3) is 0. The van der Waals surface area contributed by atoms with Gasteiger partial charge in [-0.05, 0) is 48.0 Å². The van der Waals surface area contributed by atoms with Crippen LogP contribution in [0.5, 0.6) is 0 Å². The molecule has 7 rings (SSSR count). The second-order valence-electron chi connectivity index (χ2n) is 8.05. The molecule has 0 amide bonds. The van der Waals surface area contributed by atoms with Crippen LogP contribution in [0.1, 0.15) is 0 Å². The molecule has 3 aromatic heterocycles. The van der Waals surface area contributed by atoms with Gasteiger partial charge in [-0.25, -0.2) is 0 Å². The van der Waals surface area contributed by atoms with Crippen LogP contribution in [0.25, 0.3) is 60.7 Å². The number of benzene rings is 4. The Labute approximate surface area is 184 Å². The van der Waals surface area contributed by atoms with E-state index >= 15 is 0 Å². The first-order chi connectivity index (χ1) is 15.9. The lowest BCUT2D eigenvalue weighted by Gasteiger charge is -2.09. The fourth-order valence-electron chi connectivity index (χ4n) is 4.84. The van der Waals surface area contributed by atoms with Crippen molar-refractivity contribution in [2.75, 3.05) is 0 Å². The highest BCUT2D eigenvalue weighted by Gasteiger charge is 2.14. The minimum absolute atomic E-state index is 0.817. The third-order valence-corrected chi connectivity index (χ3v) is 6.27. The van der Waals surface area contributed by atoms with E-state index in [1.165, 1.54) is 21.8 Å². The molecule has 0 atom stereocenters. The van der Waals surface area contributed by atoms with Gasteiger partial charge in [0.2, 0.25) is 0 Å². The summed E-state index contributed by atoms with van der Waals surface area (Å²) in [7, 11) is 0. The summed E-state index contributed by atoms with van der Waals surface area (Å²) in [4.78, 5) is 4.51. The van der Waals surface area contributed by atoms with Crippen LogP contribution in [0, 0.1) is 0 Å². The van der Waals surface area contributed by atoms with Gasteiger partial charge in [-0.3, -0.25) is 4.98 Å². The summed E-state index contributed by atoms with van der Waals surface area (Å²) in [6, 6.07) is 36.0. The normalized spacial score (nSPS) is 11.8. The number of pyridine rings is 1. The Bertz CT molecular complexity index is 1720. The van der Waals surface area contributed by atoms with Gasteiger partial charge in [-0.1, -0.05) is 60.7 Å². The third-order valence-electron chi connectivity index (χ3n) is 6.27. The van der Waals surface area contributed by atoms with Crippen molar-refractivity contribution < 1.29 is 4.42 Å². The Morgan fingerprint density at radius 1 is 0.594 bits per heavy atom. The zero-order chi connectivity index (χ0) is 21.1.